The van der Waals surface area contributed by atoms with Gasteiger partial charge in [0.2, 0.25) is 0 Å². The van der Waals surface area contributed by atoms with Crippen molar-refractivity contribution in [2.75, 3.05) is 45.7 Å². The van der Waals surface area contributed by atoms with Crippen LogP contribution in [-0.4, -0.2) is 59.1 Å². The van der Waals surface area contributed by atoms with Gasteiger partial charge in [-0.25, -0.2) is 8.42 Å². The number of hydrogen-bond donors (Lipinski definition) is 1. The van der Waals surface area contributed by atoms with Crippen molar-refractivity contribution in [3.8, 4) is 0 Å². The fourth-order valence-corrected chi connectivity index (χ4v) is 1.38. The molecule has 0 aliphatic heterocycles. The maximum atomic E-state index is 10.8. The zero-order valence-electron chi connectivity index (χ0n) is 8.00. The number of nitrogens with zero attached hydrogens (tertiary/aromatic N) is 1. The molecule has 0 bridgehead atoms. The molecule has 0 amide bonds. The topological polar surface area (TPSA) is 49.4 Å². The number of sulfone groups is 1. The van der Waals surface area contributed by atoms with Crippen LogP contribution in [-0.2, 0) is 9.84 Å². The van der Waals surface area contributed by atoms with Gasteiger partial charge in [0.05, 0.1) is 5.75 Å². The minimum absolute atomic E-state index is 0.243. The Kier molecular flexibility index (Phi) is 5.44. The zero-order chi connectivity index (χ0) is 9.61. The maximum absolute atomic E-state index is 10.8. The van der Waals surface area contributed by atoms with Gasteiger partial charge in [-0.1, -0.05) is 0 Å². The minimum Gasteiger partial charge on any atom is -0.318 e. The molecule has 0 saturated heterocycles. The molecule has 74 valence electrons. The van der Waals surface area contributed by atoms with Gasteiger partial charge in [-0.3, -0.25) is 0 Å². The maximum Gasteiger partial charge on any atom is 0.148 e. The summed E-state index contributed by atoms with van der Waals surface area (Å²) in [6, 6.07) is 0. The molecule has 0 aliphatic rings. The van der Waals surface area contributed by atoms with Gasteiger partial charge >= 0.3 is 0 Å². The van der Waals surface area contributed by atoms with Crippen LogP contribution < -0.4 is 5.32 Å². The van der Waals surface area contributed by atoms with Gasteiger partial charge in [0.25, 0.3) is 0 Å². The van der Waals surface area contributed by atoms with Crippen LogP contribution in [0, 0.1) is 0 Å². The van der Waals surface area contributed by atoms with E-state index in [4.69, 9.17) is 0 Å². The lowest BCUT2D eigenvalue weighted by molar-refractivity contribution is 0.354. The van der Waals surface area contributed by atoms with E-state index < -0.39 is 9.84 Å². The smallest absolute Gasteiger partial charge is 0.148 e. The van der Waals surface area contributed by atoms with Crippen LogP contribution in [0.15, 0.2) is 0 Å². The summed E-state index contributed by atoms with van der Waals surface area (Å²) in [4.78, 5) is 2.00. The van der Waals surface area contributed by atoms with Crippen molar-refractivity contribution in [3.05, 3.63) is 0 Å². The van der Waals surface area contributed by atoms with Crippen LogP contribution in [0.1, 0.15) is 0 Å². The highest BCUT2D eigenvalue weighted by atomic mass is 32.2. The molecule has 0 atom stereocenters. The molecule has 4 nitrogen and oxygen atoms in total. The molecular weight excluding hydrogens is 176 g/mol. The lowest BCUT2D eigenvalue weighted by Crippen LogP contribution is -2.31. The van der Waals surface area contributed by atoms with E-state index in [1.54, 1.807) is 0 Å². The Balaban J connectivity index is 3.51. The first-order valence-electron chi connectivity index (χ1n) is 3.96. The van der Waals surface area contributed by atoms with Gasteiger partial charge in [0.15, 0.2) is 0 Å². The van der Waals surface area contributed by atoms with E-state index in [1.807, 2.05) is 19.0 Å². The van der Waals surface area contributed by atoms with E-state index in [9.17, 15) is 8.42 Å². The molecule has 5 heteroatoms. The van der Waals surface area contributed by atoms with Crippen LogP contribution in [0.4, 0.5) is 0 Å². The lowest BCUT2D eigenvalue weighted by atomic mass is 10.5. The van der Waals surface area contributed by atoms with Crippen LogP contribution in [0.5, 0.6) is 0 Å². The highest BCUT2D eigenvalue weighted by Crippen LogP contribution is 1.86. The van der Waals surface area contributed by atoms with Gasteiger partial charge < -0.3 is 10.2 Å². The molecule has 0 unspecified atom stereocenters. The molecule has 0 radical (unpaired) electrons. The average Bonchev–Trinajstić information content (AvgIpc) is 1.95. The third-order valence-corrected chi connectivity index (χ3v) is 2.51. The summed E-state index contributed by atoms with van der Waals surface area (Å²) in [5.74, 6) is 0.243. The second-order valence-corrected chi connectivity index (χ2v) is 5.30. The van der Waals surface area contributed by atoms with E-state index in [-0.39, 0.29) is 5.75 Å². The molecule has 0 rings (SSSR count). The molecule has 0 spiro atoms. The Bertz CT molecular complexity index is 201. The normalized spacial score (nSPS) is 12.3. The number of rotatable bonds is 6. The van der Waals surface area contributed by atoms with Crippen LogP contribution >= 0.6 is 0 Å². The van der Waals surface area contributed by atoms with Crippen molar-refractivity contribution in [1.29, 1.82) is 0 Å². The Morgan fingerprint density at radius 3 is 2.33 bits per heavy atom. The molecule has 0 aromatic carbocycles. The Labute approximate surface area is 74.9 Å². The van der Waals surface area contributed by atoms with Crippen molar-refractivity contribution < 1.29 is 8.42 Å². The van der Waals surface area contributed by atoms with Gasteiger partial charge in [0.1, 0.15) is 9.84 Å². The Morgan fingerprint density at radius 1 is 1.33 bits per heavy atom. The largest absolute Gasteiger partial charge is 0.318 e. The number of hydrogen-bond acceptors (Lipinski definition) is 4. The molecule has 12 heavy (non-hydrogen) atoms. The quantitative estimate of drug-likeness (QED) is 0.600. The predicted octanol–water partition coefficient (Wildman–Crippen LogP) is -0.818. The summed E-state index contributed by atoms with van der Waals surface area (Å²) in [6.45, 7) is 2.38. The van der Waals surface area contributed by atoms with Crippen molar-refractivity contribution in [1.82, 2.24) is 10.2 Å². The van der Waals surface area contributed by atoms with Crippen molar-refractivity contribution >= 4 is 9.84 Å². The van der Waals surface area contributed by atoms with Crippen molar-refractivity contribution in [3.63, 3.8) is 0 Å². The molecule has 0 aromatic rings. The van der Waals surface area contributed by atoms with Crippen molar-refractivity contribution in [2.45, 2.75) is 0 Å². The summed E-state index contributed by atoms with van der Waals surface area (Å²) < 4.78 is 21.5. The van der Waals surface area contributed by atoms with Crippen molar-refractivity contribution in [2.24, 2.45) is 0 Å². The minimum atomic E-state index is -2.81. The molecule has 0 heterocycles. The van der Waals surface area contributed by atoms with E-state index in [2.05, 4.69) is 5.32 Å². The third kappa shape index (κ3) is 7.97. The number of likely N-dealkylation sites (N-methyl/N-ethyl adjacent to an activating group) is 2. The molecule has 1 N–H and O–H groups in total. The third-order valence-electron chi connectivity index (χ3n) is 1.59. The van der Waals surface area contributed by atoms with Gasteiger partial charge in [-0.05, 0) is 14.1 Å². The standard InChI is InChI=1S/C7H18N2O2S/c1-8-4-5-9(2)6-7-12(3,10)11/h8H,4-7H2,1-3H3. The second-order valence-electron chi connectivity index (χ2n) is 3.04. The fraction of sp³-hybridized carbons (Fsp3) is 1.00. The molecular formula is C7H18N2O2S. The van der Waals surface area contributed by atoms with E-state index in [0.717, 1.165) is 13.1 Å². The summed E-state index contributed by atoms with van der Waals surface area (Å²) in [7, 11) is 0.992. The van der Waals surface area contributed by atoms with E-state index in [0.29, 0.717) is 6.54 Å². The highest BCUT2D eigenvalue weighted by Gasteiger charge is 2.04. The molecule has 0 aliphatic carbocycles. The summed E-state index contributed by atoms with van der Waals surface area (Å²) in [6.07, 6.45) is 1.26. The molecule has 0 fully saturated rings. The zero-order valence-corrected chi connectivity index (χ0v) is 8.82. The predicted molar refractivity (Wildman–Crippen MR) is 51.1 cm³/mol. The van der Waals surface area contributed by atoms with E-state index in [1.165, 1.54) is 6.26 Å². The molecule has 0 aromatic heterocycles. The number of nitrogens with one attached hydrogen (secondary N) is 1. The highest BCUT2D eigenvalue weighted by molar-refractivity contribution is 7.90. The lowest BCUT2D eigenvalue weighted by Gasteiger charge is -2.14. The van der Waals surface area contributed by atoms with Gasteiger partial charge in [-0.15, -0.1) is 0 Å². The average molecular weight is 194 g/mol. The van der Waals surface area contributed by atoms with Crippen LogP contribution in [0.25, 0.3) is 0 Å². The first-order valence-corrected chi connectivity index (χ1v) is 6.02. The van der Waals surface area contributed by atoms with E-state index >= 15 is 0 Å². The summed E-state index contributed by atoms with van der Waals surface area (Å²) >= 11 is 0. The fourth-order valence-electron chi connectivity index (χ4n) is 0.736. The monoisotopic (exact) mass is 194 g/mol. The summed E-state index contributed by atoms with van der Waals surface area (Å²) in [5, 5.41) is 3.00. The molecule has 0 saturated carbocycles. The second kappa shape index (κ2) is 5.50. The van der Waals surface area contributed by atoms with Gasteiger partial charge in [-0.2, -0.15) is 0 Å². The summed E-state index contributed by atoms with van der Waals surface area (Å²) in [5.41, 5.74) is 0. The SMILES string of the molecule is CNCCN(C)CCS(C)(=O)=O. The van der Waals surface area contributed by atoms with Crippen LogP contribution in [0.3, 0.4) is 0 Å². The first-order chi connectivity index (χ1) is 5.45. The first kappa shape index (κ1) is 11.9. The van der Waals surface area contributed by atoms with Crippen LogP contribution in [0.2, 0.25) is 0 Å². The Hall–Kier alpha value is -0.130. The Morgan fingerprint density at radius 2 is 1.92 bits per heavy atom. The van der Waals surface area contributed by atoms with Gasteiger partial charge in [0, 0.05) is 25.9 Å².